The summed E-state index contributed by atoms with van der Waals surface area (Å²) in [6.07, 6.45) is 8.29. The monoisotopic (exact) mass is 919 g/mol. The number of ether oxygens (including phenoxy) is 2. The average molecular weight is 920 g/mol. The van der Waals surface area contributed by atoms with Crippen LogP contribution < -0.4 is 25.4 Å². The van der Waals surface area contributed by atoms with Gasteiger partial charge in [0, 0.05) is 60.3 Å². The lowest BCUT2D eigenvalue weighted by Gasteiger charge is -2.27. The van der Waals surface area contributed by atoms with Gasteiger partial charge < -0.3 is 25.2 Å². The fraction of sp³-hybridized carbons (Fsp3) is 0.354. The maximum absolute atomic E-state index is 13.3. The molecule has 2 aromatic heterocycles. The van der Waals surface area contributed by atoms with Gasteiger partial charge in [-0.1, -0.05) is 48.7 Å². The van der Waals surface area contributed by atoms with Crippen molar-refractivity contribution in [3.8, 4) is 17.4 Å². The number of benzene rings is 3. The van der Waals surface area contributed by atoms with Crippen molar-refractivity contribution in [3.63, 3.8) is 0 Å². The Morgan fingerprint density at radius 2 is 1.64 bits per heavy atom. The smallest absolute Gasteiger partial charge is 0.266 e. The van der Waals surface area contributed by atoms with Gasteiger partial charge in [-0.2, -0.15) is 9.61 Å². The molecule has 5 aromatic rings. The zero-order valence-corrected chi connectivity index (χ0v) is 37.2. The van der Waals surface area contributed by atoms with E-state index in [1.165, 1.54) is 28.9 Å². The fourth-order valence-electron chi connectivity index (χ4n) is 7.90. The van der Waals surface area contributed by atoms with E-state index in [1.807, 2.05) is 12.1 Å². The highest BCUT2D eigenvalue weighted by Gasteiger charge is 2.46. The van der Waals surface area contributed by atoms with E-state index in [9.17, 15) is 38.7 Å². The molecule has 1 saturated heterocycles. The van der Waals surface area contributed by atoms with Crippen molar-refractivity contribution in [1.29, 1.82) is 0 Å². The maximum atomic E-state index is 13.3. The highest BCUT2D eigenvalue weighted by atomic mass is 35.5. The number of Topliss-reactive ketones (excluding diaryl/α,β-unsaturated/α-hetero) is 1. The van der Waals surface area contributed by atoms with Crippen molar-refractivity contribution in [3.05, 3.63) is 111 Å². The number of halogens is 1. The number of imide groups is 2. The Morgan fingerprint density at radius 3 is 2.41 bits per heavy atom. The normalized spacial score (nSPS) is 14.6. The van der Waals surface area contributed by atoms with Crippen LogP contribution in [0.3, 0.4) is 0 Å². The van der Waals surface area contributed by atoms with Crippen molar-refractivity contribution in [2.45, 2.75) is 90.0 Å². The number of anilines is 1. The van der Waals surface area contributed by atoms with E-state index in [1.54, 1.807) is 43.3 Å². The second-order valence-electron chi connectivity index (χ2n) is 16.2. The average Bonchev–Trinajstić information content (AvgIpc) is 3.83. The summed E-state index contributed by atoms with van der Waals surface area (Å²) in [7, 11) is 0. The van der Waals surface area contributed by atoms with E-state index in [-0.39, 0.29) is 59.2 Å². The van der Waals surface area contributed by atoms with E-state index >= 15 is 0 Å². The third-order valence-electron chi connectivity index (χ3n) is 11.4. The van der Waals surface area contributed by atoms with Crippen LogP contribution in [0, 0.1) is 6.92 Å². The van der Waals surface area contributed by atoms with Crippen molar-refractivity contribution >= 4 is 64.2 Å². The summed E-state index contributed by atoms with van der Waals surface area (Å²) >= 11 is 6.01. The molecular weight excluding hydrogens is 870 g/mol. The molecule has 0 radical (unpaired) electrons. The number of fused-ring (bicyclic) bond motifs is 2. The summed E-state index contributed by atoms with van der Waals surface area (Å²) in [4.78, 5) is 93.9. The van der Waals surface area contributed by atoms with Crippen LogP contribution in [0.4, 0.5) is 5.69 Å². The Bertz CT molecular complexity index is 2670. The van der Waals surface area contributed by atoms with Crippen LogP contribution in [0.1, 0.15) is 119 Å². The summed E-state index contributed by atoms with van der Waals surface area (Å²) in [5.74, 6) is -2.62. The molecule has 4 heterocycles. The summed E-state index contributed by atoms with van der Waals surface area (Å²) in [6, 6.07) is 17.7. The van der Waals surface area contributed by atoms with E-state index in [0.717, 1.165) is 49.0 Å². The number of aromatic nitrogens is 3. The Kier molecular flexibility index (Phi) is 15.4. The van der Waals surface area contributed by atoms with Gasteiger partial charge >= 0.3 is 0 Å². The molecule has 344 valence electrons. The van der Waals surface area contributed by atoms with Gasteiger partial charge in [0.05, 0.1) is 23.9 Å². The van der Waals surface area contributed by atoms with Crippen molar-refractivity contribution in [2.24, 2.45) is 0 Å². The molecule has 0 saturated carbocycles. The first-order chi connectivity index (χ1) is 31.9. The molecule has 6 amide bonds. The molecule has 17 nitrogen and oxygen atoms in total. The van der Waals surface area contributed by atoms with Crippen molar-refractivity contribution < 1.29 is 48.1 Å². The molecule has 0 aliphatic carbocycles. The Hall–Kier alpha value is -7.14. The number of nitrogens with zero attached hydrogens (tertiary/aromatic N) is 4. The number of aromatic hydroxyl groups is 1. The summed E-state index contributed by atoms with van der Waals surface area (Å²) in [5.41, 5.74) is 3.11. The largest absolute Gasteiger partial charge is 0.494 e. The van der Waals surface area contributed by atoms with Crippen LogP contribution >= 0.6 is 11.6 Å². The molecule has 1 fully saturated rings. The first-order valence-electron chi connectivity index (χ1n) is 22.0. The van der Waals surface area contributed by atoms with Crippen LogP contribution in [-0.2, 0) is 25.6 Å². The van der Waals surface area contributed by atoms with Crippen LogP contribution in [0.15, 0.2) is 72.9 Å². The van der Waals surface area contributed by atoms with E-state index < -0.39 is 41.5 Å². The highest BCUT2D eigenvalue weighted by Crippen LogP contribution is 2.34. The molecule has 1 atom stereocenters. The molecule has 3 aromatic carbocycles. The van der Waals surface area contributed by atoms with Crippen LogP contribution in [0.2, 0.25) is 5.02 Å². The van der Waals surface area contributed by atoms with Gasteiger partial charge in [-0.05, 0) is 87.4 Å². The topological polar surface area (TPSA) is 228 Å². The van der Waals surface area contributed by atoms with Gasteiger partial charge in [0.25, 0.3) is 23.6 Å². The SMILES string of the molecule is Cc1nc2c(C(=O)Nc3cccc(OCCCCCC(=O)CCCCCCNC(=O)COc4cccc5c4C(=O)N(C4CCC(=O)NC4=O)C5=O)c3)cnn2c(O)c1Cc1ccc(Cl)cc1. The van der Waals surface area contributed by atoms with Crippen molar-refractivity contribution in [2.75, 3.05) is 25.1 Å². The number of unbranched alkanes of at least 4 members (excludes halogenated alkanes) is 5. The van der Waals surface area contributed by atoms with Crippen LogP contribution in [0.25, 0.3) is 5.65 Å². The summed E-state index contributed by atoms with van der Waals surface area (Å²) in [6.45, 7) is 2.25. The van der Waals surface area contributed by atoms with Gasteiger partial charge in [-0.25, -0.2) is 4.98 Å². The third kappa shape index (κ3) is 11.4. The number of ketones is 1. The van der Waals surface area contributed by atoms with E-state index in [2.05, 4.69) is 26.0 Å². The zero-order valence-electron chi connectivity index (χ0n) is 36.4. The third-order valence-corrected chi connectivity index (χ3v) is 11.7. The lowest BCUT2D eigenvalue weighted by molar-refractivity contribution is -0.136. The summed E-state index contributed by atoms with van der Waals surface area (Å²) < 4.78 is 12.8. The zero-order chi connectivity index (χ0) is 46.7. The first-order valence-corrected chi connectivity index (χ1v) is 22.4. The minimum Gasteiger partial charge on any atom is -0.494 e. The number of carbonyl (C=O) groups is 7. The maximum Gasteiger partial charge on any atom is 0.266 e. The highest BCUT2D eigenvalue weighted by molar-refractivity contribution is 6.30. The van der Waals surface area contributed by atoms with E-state index in [4.69, 9.17) is 21.1 Å². The molecule has 18 heteroatoms. The second-order valence-corrected chi connectivity index (χ2v) is 16.6. The molecule has 4 N–H and O–H groups in total. The Labute approximate surface area is 385 Å². The Morgan fingerprint density at radius 1 is 0.894 bits per heavy atom. The fourth-order valence-corrected chi connectivity index (χ4v) is 8.03. The molecule has 66 heavy (non-hydrogen) atoms. The molecular formula is C48H50ClN7O10. The second kappa shape index (κ2) is 21.7. The quantitative estimate of drug-likeness (QED) is 0.0444. The molecule has 2 aliphatic rings. The Balaban J connectivity index is 0.733. The summed E-state index contributed by atoms with van der Waals surface area (Å²) in [5, 5.41) is 23.7. The number of nitrogens with one attached hydrogen (secondary N) is 3. The standard InChI is InChI=1S/C48H50ClN7O10/c1-29-36(25-30-17-19-31(49)20-18-30)47(63)56-43(52-29)37(27-51-56)44(60)53-32-11-9-14-34(26-32)65-24-8-4-6-13-33(57)12-5-2-3-7-23-50-41(59)28-66-39-16-10-15-35-42(39)48(64)55(46(35)62)38-21-22-40(58)54-45(38)61/h9-11,14-20,26-27,38,63H,2-8,12-13,21-25,28H2,1H3,(H,50,59)(H,53,60)(H,54,58,61). The van der Waals surface area contributed by atoms with Gasteiger partial charge in [-0.15, -0.1) is 0 Å². The molecule has 0 spiro atoms. The minimum atomic E-state index is -1.10. The number of amides is 6. The van der Waals surface area contributed by atoms with E-state index in [0.29, 0.717) is 66.6 Å². The predicted molar refractivity (Wildman–Crippen MR) is 242 cm³/mol. The number of hydrogen-bond acceptors (Lipinski definition) is 12. The number of carbonyl (C=O) groups excluding carboxylic acids is 7. The van der Waals surface area contributed by atoms with Gasteiger partial charge in [0.15, 0.2) is 12.3 Å². The molecule has 0 bridgehead atoms. The number of aryl methyl sites for hydroxylation is 1. The molecule has 1 unspecified atom stereocenters. The lowest BCUT2D eigenvalue weighted by atomic mass is 10.0. The predicted octanol–water partition coefficient (Wildman–Crippen LogP) is 6.30. The number of piperidine rings is 1. The van der Waals surface area contributed by atoms with Crippen LogP contribution in [-0.4, -0.2) is 91.6 Å². The lowest BCUT2D eigenvalue weighted by Crippen LogP contribution is -2.54. The van der Waals surface area contributed by atoms with Gasteiger partial charge in [0.1, 0.15) is 28.9 Å². The van der Waals surface area contributed by atoms with Gasteiger partial charge in [-0.3, -0.25) is 43.8 Å². The number of rotatable bonds is 22. The molecule has 7 rings (SSSR count). The van der Waals surface area contributed by atoms with Crippen molar-refractivity contribution in [1.82, 2.24) is 30.1 Å². The first kappa shape index (κ1) is 46.8. The minimum absolute atomic E-state index is 0.00648. The van der Waals surface area contributed by atoms with Gasteiger partial charge in [0.2, 0.25) is 17.7 Å². The van der Waals surface area contributed by atoms with Crippen LogP contribution in [0.5, 0.6) is 17.4 Å². The molecule has 2 aliphatic heterocycles. The number of hydrogen-bond donors (Lipinski definition) is 4.